The molecule has 0 spiro atoms. The fourth-order valence-electron chi connectivity index (χ4n) is 2.40. The van der Waals surface area contributed by atoms with Crippen LogP contribution >= 0.6 is 0 Å². The van der Waals surface area contributed by atoms with Gasteiger partial charge in [-0.15, -0.1) is 0 Å². The van der Waals surface area contributed by atoms with Crippen LogP contribution in [0, 0.1) is 0 Å². The fraction of sp³-hybridized carbons (Fsp3) is 0.227. The molecule has 2 rings (SSSR count). The predicted octanol–water partition coefficient (Wildman–Crippen LogP) is 2.68. The summed E-state index contributed by atoms with van der Waals surface area (Å²) in [6.07, 6.45) is 2.70. The number of ether oxygens (including phenoxy) is 3. The highest BCUT2D eigenvalue weighted by Gasteiger charge is 2.10. The zero-order chi connectivity index (χ0) is 21.8. The van der Waals surface area contributed by atoms with Crippen LogP contribution in [-0.4, -0.2) is 38.2 Å². The van der Waals surface area contributed by atoms with Crippen LogP contribution in [0.5, 0.6) is 11.5 Å². The highest BCUT2D eigenvalue weighted by Crippen LogP contribution is 2.28. The van der Waals surface area contributed by atoms with E-state index in [1.807, 2.05) is 37.3 Å². The van der Waals surface area contributed by atoms with Gasteiger partial charge in [0.05, 0.1) is 13.7 Å². The number of benzene rings is 2. The standard InChI is InChI=1S/C22H24N2O6/c1-3-29-18-11-9-16(13-19(18)28-2)10-12-21(26)30-15-20(25)24-22(27)23-14-17-7-5-4-6-8-17/h4-13H,3,14-15H2,1-2H3,(H2,23,24,25,27)/b12-10+. The fourth-order valence-corrected chi connectivity index (χ4v) is 2.40. The monoisotopic (exact) mass is 412 g/mol. The molecule has 0 heterocycles. The van der Waals surface area contributed by atoms with Crippen molar-refractivity contribution >= 4 is 24.0 Å². The Bertz CT molecular complexity index is 896. The molecule has 2 aromatic rings. The molecule has 0 atom stereocenters. The molecule has 0 aliphatic carbocycles. The molecule has 0 fully saturated rings. The lowest BCUT2D eigenvalue weighted by molar-refractivity contribution is -0.143. The summed E-state index contributed by atoms with van der Waals surface area (Å²) in [5, 5.41) is 4.63. The van der Waals surface area contributed by atoms with Crippen molar-refractivity contribution in [2.75, 3.05) is 20.3 Å². The van der Waals surface area contributed by atoms with Crippen molar-refractivity contribution in [2.45, 2.75) is 13.5 Å². The molecule has 0 unspecified atom stereocenters. The highest BCUT2D eigenvalue weighted by atomic mass is 16.5. The molecule has 8 nitrogen and oxygen atoms in total. The van der Waals surface area contributed by atoms with Gasteiger partial charge in [-0.25, -0.2) is 9.59 Å². The molecule has 0 saturated carbocycles. The number of carbonyl (C=O) groups excluding carboxylic acids is 3. The molecule has 0 aliphatic rings. The van der Waals surface area contributed by atoms with Gasteiger partial charge in [-0.3, -0.25) is 10.1 Å². The molecule has 0 saturated heterocycles. The lowest BCUT2D eigenvalue weighted by Crippen LogP contribution is -2.41. The van der Waals surface area contributed by atoms with Crippen molar-refractivity contribution in [1.29, 1.82) is 0 Å². The molecule has 2 N–H and O–H groups in total. The average Bonchev–Trinajstić information content (AvgIpc) is 2.76. The summed E-state index contributed by atoms with van der Waals surface area (Å²) >= 11 is 0. The Balaban J connectivity index is 1.75. The lowest BCUT2D eigenvalue weighted by atomic mass is 10.2. The Kier molecular flexibility index (Phi) is 8.92. The smallest absolute Gasteiger partial charge is 0.331 e. The molecule has 2 aromatic carbocycles. The van der Waals surface area contributed by atoms with Gasteiger partial charge in [-0.05, 0) is 36.3 Å². The number of carbonyl (C=O) groups is 3. The third kappa shape index (κ3) is 7.67. The SMILES string of the molecule is CCOc1ccc(/C=C/C(=O)OCC(=O)NC(=O)NCc2ccccc2)cc1OC. The van der Waals surface area contributed by atoms with Crippen molar-refractivity contribution < 1.29 is 28.6 Å². The number of amides is 3. The Morgan fingerprint density at radius 3 is 2.50 bits per heavy atom. The second-order valence-corrected chi connectivity index (χ2v) is 6.00. The van der Waals surface area contributed by atoms with Gasteiger partial charge in [0.15, 0.2) is 18.1 Å². The van der Waals surface area contributed by atoms with Crippen LogP contribution in [0.15, 0.2) is 54.6 Å². The van der Waals surface area contributed by atoms with Crippen LogP contribution in [0.4, 0.5) is 4.79 Å². The van der Waals surface area contributed by atoms with Crippen LogP contribution in [-0.2, 0) is 20.9 Å². The molecule has 158 valence electrons. The van der Waals surface area contributed by atoms with Crippen molar-refractivity contribution in [3.05, 3.63) is 65.7 Å². The second kappa shape index (κ2) is 11.9. The normalized spacial score (nSPS) is 10.3. The Morgan fingerprint density at radius 1 is 1.03 bits per heavy atom. The Morgan fingerprint density at radius 2 is 1.80 bits per heavy atom. The summed E-state index contributed by atoms with van der Waals surface area (Å²) in [6, 6.07) is 13.8. The molecular formula is C22H24N2O6. The maximum absolute atomic E-state index is 11.8. The summed E-state index contributed by atoms with van der Waals surface area (Å²) in [5.74, 6) is -0.317. The van der Waals surface area contributed by atoms with E-state index in [9.17, 15) is 14.4 Å². The van der Waals surface area contributed by atoms with Crippen molar-refractivity contribution in [1.82, 2.24) is 10.6 Å². The van der Waals surface area contributed by atoms with Gasteiger partial charge in [0.2, 0.25) is 0 Å². The number of nitrogens with one attached hydrogen (secondary N) is 2. The van der Waals surface area contributed by atoms with Gasteiger partial charge in [0, 0.05) is 12.6 Å². The maximum Gasteiger partial charge on any atom is 0.331 e. The quantitative estimate of drug-likeness (QED) is 0.485. The van der Waals surface area contributed by atoms with Crippen LogP contribution in [0.3, 0.4) is 0 Å². The van der Waals surface area contributed by atoms with Crippen LogP contribution in [0.2, 0.25) is 0 Å². The average molecular weight is 412 g/mol. The molecule has 30 heavy (non-hydrogen) atoms. The maximum atomic E-state index is 11.8. The predicted molar refractivity (Wildman–Crippen MR) is 111 cm³/mol. The molecule has 0 aliphatic heterocycles. The van der Waals surface area contributed by atoms with Gasteiger partial charge in [0.25, 0.3) is 5.91 Å². The first-order valence-electron chi connectivity index (χ1n) is 9.29. The number of rotatable bonds is 9. The van der Waals surface area contributed by atoms with E-state index in [-0.39, 0.29) is 6.54 Å². The number of hydrogen-bond acceptors (Lipinski definition) is 6. The molecule has 3 amide bonds. The van der Waals surface area contributed by atoms with Gasteiger partial charge >= 0.3 is 12.0 Å². The number of hydrogen-bond donors (Lipinski definition) is 2. The molecule has 0 aromatic heterocycles. The number of urea groups is 1. The molecular weight excluding hydrogens is 388 g/mol. The van der Waals surface area contributed by atoms with E-state index in [0.717, 1.165) is 5.56 Å². The molecule has 8 heteroatoms. The highest BCUT2D eigenvalue weighted by molar-refractivity contribution is 5.96. The Labute approximate surface area is 174 Å². The van der Waals surface area contributed by atoms with E-state index >= 15 is 0 Å². The topological polar surface area (TPSA) is 103 Å². The van der Waals surface area contributed by atoms with Gasteiger partial charge in [0.1, 0.15) is 0 Å². The van der Waals surface area contributed by atoms with E-state index in [2.05, 4.69) is 10.6 Å². The van der Waals surface area contributed by atoms with Crippen LogP contribution < -0.4 is 20.1 Å². The third-order valence-electron chi connectivity index (χ3n) is 3.79. The summed E-state index contributed by atoms with van der Waals surface area (Å²) in [6.45, 7) is 2.07. The summed E-state index contributed by atoms with van der Waals surface area (Å²) < 4.78 is 15.5. The van der Waals surface area contributed by atoms with Crippen LogP contribution in [0.1, 0.15) is 18.1 Å². The molecule has 0 bridgehead atoms. The first kappa shape index (κ1) is 22.5. The zero-order valence-corrected chi connectivity index (χ0v) is 16.8. The Hall–Kier alpha value is -3.81. The van der Waals surface area contributed by atoms with E-state index in [4.69, 9.17) is 14.2 Å². The minimum absolute atomic E-state index is 0.272. The minimum atomic E-state index is -0.731. The first-order chi connectivity index (χ1) is 14.5. The van der Waals surface area contributed by atoms with Gasteiger partial charge < -0.3 is 19.5 Å². The summed E-state index contributed by atoms with van der Waals surface area (Å²) in [5.41, 5.74) is 1.58. The van der Waals surface area contributed by atoms with Gasteiger partial charge in [-0.2, -0.15) is 0 Å². The van der Waals surface area contributed by atoms with Crippen molar-refractivity contribution in [3.8, 4) is 11.5 Å². The van der Waals surface area contributed by atoms with Crippen molar-refractivity contribution in [3.63, 3.8) is 0 Å². The van der Waals surface area contributed by atoms with E-state index in [0.29, 0.717) is 23.7 Å². The number of methoxy groups -OCH3 is 1. The third-order valence-corrected chi connectivity index (χ3v) is 3.79. The summed E-state index contributed by atoms with van der Waals surface area (Å²) in [7, 11) is 1.52. The van der Waals surface area contributed by atoms with Gasteiger partial charge in [-0.1, -0.05) is 36.4 Å². The molecule has 0 radical (unpaired) electrons. The van der Waals surface area contributed by atoms with E-state index in [1.165, 1.54) is 19.3 Å². The zero-order valence-electron chi connectivity index (χ0n) is 16.8. The first-order valence-corrected chi connectivity index (χ1v) is 9.29. The second-order valence-electron chi connectivity index (χ2n) is 6.00. The van der Waals surface area contributed by atoms with Crippen LogP contribution in [0.25, 0.3) is 6.08 Å². The number of esters is 1. The van der Waals surface area contributed by atoms with E-state index < -0.39 is 24.5 Å². The van der Waals surface area contributed by atoms with Crippen molar-refractivity contribution in [2.24, 2.45) is 0 Å². The largest absolute Gasteiger partial charge is 0.493 e. The lowest BCUT2D eigenvalue weighted by Gasteiger charge is -2.09. The van der Waals surface area contributed by atoms with E-state index in [1.54, 1.807) is 18.2 Å². The minimum Gasteiger partial charge on any atom is -0.493 e. The number of imide groups is 1. The summed E-state index contributed by atoms with van der Waals surface area (Å²) in [4.78, 5) is 35.2.